The standard InChI is InChI=1S/C25H28ClN5O2S/c1-3-18(2)31(25(33)22-9-6-16-34-22)17-24(32)30-14-12-29(13-15-30)23-11-10-21(27-28-23)19-7-4-5-8-20(19)26/h4-11,16,18H,3,12-15,17H2,1-2H3/t18-/m1/s1. The van der Waals surface area contributed by atoms with E-state index >= 15 is 0 Å². The third-order valence-corrected chi connectivity index (χ3v) is 7.37. The number of thiophene rings is 1. The average molecular weight is 498 g/mol. The second-order valence-electron chi connectivity index (χ2n) is 8.29. The number of nitrogens with zero attached hydrogens (tertiary/aromatic N) is 5. The third-order valence-electron chi connectivity index (χ3n) is 6.18. The maximum atomic E-state index is 13.1. The Morgan fingerprint density at radius 3 is 2.44 bits per heavy atom. The van der Waals surface area contributed by atoms with Crippen molar-refractivity contribution in [3.63, 3.8) is 0 Å². The molecule has 2 aromatic heterocycles. The molecule has 178 valence electrons. The summed E-state index contributed by atoms with van der Waals surface area (Å²) in [6.45, 7) is 6.59. The Bertz CT molecular complexity index is 1110. The summed E-state index contributed by atoms with van der Waals surface area (Å²) in [5.41, 5.74) is 1.57. The number of rotatable bonds is 7. The van der Waals surface area contributed by atoms with E-state index in [2.05, 4.69) is 15.1 Å². The Hall–Kier alpha value is -2.97. The van der Waals surface area contributed by atoms with Crippen LogP contribution in [-0.4, -0.2) is 70.6 Å². The highest BCUT2D eigenvalue weighted by Gasteiger charge is 2.28. The first-order valence-electron chi connectivity index (χ1n) is 11.4. The lowest BCUT2D eigenvalue weighted by Crippen LogP contribution is -2.53. The molecule has 4 rings (SSSR count). The summed E-state index contributed by atoms with van der Waals surface area (Å²) in [6.07, 6.45) is 0.793. The fourth-order valence-electron chi connectivity index (χ4n) is 3.93. The molecule has 1 atom stereocenters. The second kappa shape index (κ2) is 11.0. The Morgan fingerprint density at radius 2 is 1.82 bits per heavy atom. The Labute approximate surface area is 209 Å². The van der Waals surface area contributed by atoms with E-state index in [0.29, 0.717) is 36.1 Å². The maximum Gasteiger partial charge on any atom is 0.264 e. The number of hydrogen-bond acceptors (Lipinski definition) is 6. The predicted molar refractivity (Wildman–Crippen MR) is 136 cm³/mol. The van der Waals surface area contributed by atoms with E-state index in [1.165, 1.54) is 11.3 Å². The minimum Gasteiger partial charge on any atom is -0.352 e. The molecule has 0 bridgehead atoms. The molecule has 2 amide bonds. The first-order valence-corrected chi connectivity index (χ1v) is 12.7. The zero-order valence-electron chi connectivity index (χ0n) is 19.4. The lowest BCUT2D eigenvalue weighted by Gasteiger charge is -2.37. The molecule has 3 aromatic rings. The molecule has 3 heterocycles. The van der Waals surface area contributed by atoms with Crippen LogP contribution < -0.4 is 4.90 Å². The fourth-order valence-corrected chi connectivity index (χ4v) is 4.84. The van der Waals surface area contributed by atoms with Crippen LogP contribution in [0.4, 0.5) is 5.82 Å². The van der Waals surface area contributed by atoms with Crippen molar-refractivity contribution in [2.24, 2.45) is 0 Å². The van der Waals surface area contributed by atoms with Crippen LogP contribution in [0.3, 0.4) is 0 Å². The van der Waals surface area contributed by atoms with Crippen molar-refractivity contribution in [3.8, 4) is 11.3 Å². The molecular formula is C25H28ClN5O2S. The van der Waals surface area contributed by atoms with Gasteiger partial charge in [-0.15, -0.1) is 21.5 Å². The van der Waals surface area contributed by atoms with E-state index in [4.69, 9.17) is 11.6 Å². The van der Waals surface area contributed by atoms with Crippen molar-refractivity contribution in [2.75, 3.05) is 37.6 Å². The minimum absolute atomic E-state index is 0.00764. The molecule has 1 aliphatic rings. The van der Waals surface area contributed by atoms with Gasteiger partial charge in [-0.1, -0.05) is 42.8 Å². The summed E-state index contributed by atoms with van der Waals surface area (Å²) in [5, 5.41) is 11.3. The second-order valence-corrected chi connectivity index (χ2v) is 9.65. The molecule has 0 aliphatic carbocycles. The Balaban J connectivity index is 1.36. The summed E-state index contributed by atoms with van der Waals surface area (Å²) in [6, 6.07) is 15.1. The number of amides is 2. The Kier molecular flexibility index (Phi) is 7.80. The van der Waals surface area contributed by atoms with E-state index in [1.54, 1.807) is 4.90 Å². The van der Waals surface area contributed by atoms with Crippen molar-refractivity contribution in [2.45, 2.75) is 26.3 Å². The highest BCUT2D eigenvalue weighted by molar-refractivity contribution is 7.12. The van der Waals surface area contributed by atoms with E-state index in [-0.39, 0.29) is 24.4 Å². The van der Waals surface area contributed by atoms with Gasteiger partial charge in [0.25, 0.3) is 5.91 Å². The first kappa shape index (κ1) is 24.2. The summed E-state index contributed by atoms with van der Waals surface area (Å²) in [7, 11) is 0. The molecule has 1 aromatic carbocycles. The minimum atomic E-state index is -0.0785. The van der Waals surface area contributed by atoms with Gasteiger partial charge in [-0.2, -0.15) is 0 Å². The number of halogens is 1. The van der Waals surface area contributed by atoms with E-state index in [9.17, 15) is 9.59 Å². The van der Waals surface area contributed by atoms with Crippen LogP contribution in [0, 0.1) is 0 Å². The maximum absolute atomic E-state index is 13.1. The van der Waals surface area contributed by atoms with Gasteiger partial charge in [0, 0.05) is 37.8 Å². The van der Waals surface area contributed by atoms with Gasteiger partial charge >= 0.3 is 0 Å². The number of carbonyl (C=O) groups is 2. The average Bonchev–Trinajstić information content (AvgIpc) is 3.42. The number of benzene rings is 1. The largest absolute Gasteiger partial charge is 0.352 e. The van der Waals surface area contributed by atoms with Gasteiger partial charge in [0.2, 0.25) is 5.91 Å². The zero-order chi connectivity index (χ0) is 24.1. The molecule has 1 aliphatic heterocycles. The molecule has 7 nitrogen and oxygen atoms in total. The molecular weight excluding hydrogens is 470 g/mol. The number of hydrogen-bond donors (Lipinski definition) is 0. The molecule has 0 unspecified atom stereocenters. The topological polar surface area (TPSA) is 69.6 Å². The summed E-state index contributed by atoms with van der Waals surface area (Å²) < 4.78 is 0. The van der Waals surface area contributed by atoms with Gasteiger partial charge in [0.15, 0.2) is 5.82 Å². The quantitative estimate of drug-likeness (QED) is 0.482. The SMILES string of the molecule is CC[C@@H](C)N(CC(=O)N1CCN(c2ccc(-c3ccccc3Cl)nn2)CC1)C(=O)c1cccs1. The number of aromatic nitrogens is 2. The zero-order valence-corrected chi connectivity index (χ0v) is 20.9. The molecule has 1 saturated heterocycles. The lowest BCUT2D eigenvalue weighted by molar-refractivity contribution is -0.132. The first-order chi connectivity index (χ1) is 16.5. The summed E-state index contributed by atoms with van der Waals surface area (Å²) in [4.78, 5) is 32.3. The van der Waals surface area contributed by atoms with Crippen molar-refractivity contribution in [3.05, 3.63) is 63.8 Å². The van der Waals surface area contributed by atoms with E-state index in [1.807, 2.05) is 72.7 Å². The monoisotopic (exact) mass is 497 g/mol. The Morgan fingerprint density at radius 1 is 1.06 bits per heavy atom. The molecule has 0 saturated carbocycles. The number of anilines is 1. The normalized spacial score (nSPS) is 14.7. The predicted octanol–water partition coefficient (Wildman–Crippen LogP) is 4.45. The smallest absolute Gasteiger partial charge is 0.264 e. The molecule has 0 N–H and O–H groups in total. The van der Waals surface area contributed by atoms with Crippen LogP contribution in [0.5, 0.6) is 0 Å². The fraction of sp³-hybridized carbons (Fsp3) is 0.360. The molecule has 1 fully saturated rings. The van der Waals surface area contributed by atoms with Gasteiger partial charge in [0.05, 0.1) is 15.6 Å². The molecule has 34 heavy (non-hydrogen) atoms. The van der Waals surface area contributed by atoms with Gasteiger partial charge in [-0.3, -0.25) is 9.59 Å². The summed E-state index contributed by atoms with van der Waals surface area (Å²) >= 11 is 7.67. The van der Waals surface area contributed by atoms with Gasteiger partial charge in [-0.05, 0) is 43.0 Å². The van der Waals surface area contributed by atoms with Crippen LogP contribution in [0.25, 0.3) is 11.3 Å². The van der Waals surface area contributed by atoms with Crippen LogP contribution >= 0.6 is 22.9 Å². The highest BCUT2D eigenvalue weighted by atomic mass is 35.5. The van der Waals surface area contributed by atoms with Gasteiger partial charge in [-0.25, -0.2) is 0 Å². The van der Waals surface area contributed by atoms with Gasteiger partial charge in [0.1, 0.15) is 6.54 Å². The number of carbonyl (C=O) groups excluding carboxylic acids is 2. The van der Waals surface area contributed by atoms with Crippen molar-refractivity contribution < 1.29 is 9.59 Å². The molecule has 9 heteroatoms. The highest BCUT2D eigenvalue weighted by Crippen LogP contribution is 2.26. The van der Waals surface area contributed by atoms with Crippen molar-refractivity contribution in [1.29, 1.82) is 0 Å². The van der Waals surface area contributed by atoms with E-state index < -0.39 is 0 Å². The van der Waals surface area contributed by atoms with Crippen LogP contribution in [0.15, 0.2) is 53.9 Å². The van der Waals surface area contributed by atoms with E-state index in [0.717, 1.165) is 23.5 Å². The summed E-state index contributed by atoms with van der Waals surface area (Å²) in [5.74, 6) is 0.673. The molecule has 0 spiro atoms. The van der Waals surface area contributed by atoms with Crippen molar-refractivity contribution in [1.82, 2.24) is 20.0 Å². The van der Waals surface area contributed by atoms with Crippen LogP contribution in [-0.2, 0) is 4.79 Å². The van der Waals surface area contributed by atoms with Crippen molar-refractivity contribution >= 4 is 40.6 Å². The lowest BCUT2D eigenvalue weighted by atomic mass is 10.1. The van der Waals surface area contributed by atoms with Crippen LogP contribution in [0.1, 0.15) is 29.9 Å². The molecule has 0 radical (unpaired) electrons. The van der Waals surface area contributed by atoms with Crippen LogP contribution in [0.2, 0.25) is 5.02 Å². The number of piperazine rings is 1. The third kappa shape index (κ3) is 5.39. The van der Waals surface area contributed by atoms with Gasteiger partial charge < -0.3 is 14.7 Å².